The Bertz CT molecular complexity index is 1720. The zero-order chi connectivity index (χ0) is 45.5. The third-order valence-corrected chi connectivity index (χ3v) is 26.2. The normalized spacial score (nSPS) is 33.0. The molecule has 1 aromatic carbocycles. The molecule has 5 fully saturated rings. The topological polar surface area (TPSA) is 108 Å². The lowest BCUT2D eigenvalue weighted by Gasteiger charge is -2.67. The number of rotatable bonds is 19. The first-order valence-corrected chi connectivity index (χ1v) is 32.2. The molecule has 3 aliphatic carbocycles. The number of carbonyl (C=O) groups is 2. The smallest absolute Gasteiger partial charge is 0.338 e. The minimum Gasteiger partial charge on any atom is -0.458 e. The highest BCUT2D eigenvalue weighted by atomic mass is 28.4. The number of ether oxygens (including phenoxy) is 5. The zero-order valence-corrected chi connectivity index (χ0v) is 44.0. The van der Waals surface area contributed by atoms with Gasteiger partial charge in [0.25, 0.3) is 0 Å². The molecule has 3 saturated carbocycles. The van der Waals surface area contributed by atoms with Gasteiger partial charge in [0.2, 0.25) is 0 Å². The number of benzene rings is 1. The first-order valence-electron chi connectivity index (χ1n) is 24.4. The summed E-state index contributed by atoms with van der Waals surface area (Å²) in [5, 5.41) is 0. The summed E-state index contributed by atoms with van der Waals surface area (Å²) in [6.45, 7) is 32.0. The van der Waals surface area contributed by atoms with Crippen LogP contribution in [-0.4, -0.2) is 98.8 Å². The molecule has 0 N–H and O–H groups in total. The fourth-order valence-corrected chi connectivity index (χ4v) is 18.3. The molecule has 2 saturated heterocycles. The molecular weight excluding hydrogens is 833 g/mol. The Labute approximate surface area is 378 Å². The molecule has 6 rings (SSSR count). The van der Waals surface area contributed by atoms with E-state index in [0.717, 1.165) is 66.7 Å². The Morgan fingerprint density at radius 1 is 0.871 bits per heavy atom. The molecule has 2 heterocycles. The Morgan fingerprint density at radius 2 is 1.48 bits per heavy atom. The molecule has 5 aliphatic rings. The maximum Gasteiger partial charge on any atom is 0.338 e. The van der Waals surface area contributed by atoms with Crippen LogP contribution in [0.1, 0.15) is 126 Å². The first kappa shape index (κ1) is 49.7. The Kier molecular flexibility index (Phi) is 15.5. The van der Waals surface area contributed by atoms with Gasteiger partial charge < -0.3 is 37.0 Å². The predicted octanol–water partition coefficient (Wildman–Crippen LogP) is 10.8. The highest BCUT2D eigenvalue weighted by Gasteiger charge is 2.76. The van der Waals surface area contributed by atoms with Crippen LogP contribution >= 0.6 is 0 Å². The molecular formula is C49H82O10Si3. The molecule has 0 radical (unpaired) electrons. The molecule has 2 aliphatic heterocycles. The van der Waals surface area contributed by atoms with E-state index in [4.69, 9.17) is 37.0 Å². The Hall–Kier alpha value is -1.69. The maximum absolute atomic E-state index is 14.6. The van der Waals surface area contributed by atoms with E-state index < -0.39 is 84.2 Å². The molecule has 1 aromatic rings. The number of fused-ring (bicyclic) bond motifs is 5. The van der Waals surface area contributed by atoms with Crippen LogP contribution in [0.4, 0.5) is 0 Å². The van der Waals surface area contributed by atoms with Crippen molar-refractivity contribution in [3.8, 4) is 0 Å². The number of carbonyl (C=O) groups excluding carboxylic acids is 2. The quantitative estimate of drug-likeness (QED) is 0.0756. The van der Waals surface area contributed by atoms with Crippen LogP contribution < -0.4 is 0 Å². The zero-order valence-electron chi connectivity index (χ0n) is 40.9. The summed E-state index contributed by atoms with van der Waals surface area (Å²) >= 11 is 0. The molecule has 10 nitrogen and oxygen atoms in total. The highest BCUT2D eigenvalue weighted by Crippen LogP contribution is 2.65. The summed E-state index contributed by atoms with van der Waals surface area (Å²) in [6, 6.07) is 15.2. The molecule has 8 unspecified atom stereocenters. The van der Waals surface area contributed by atoms with Gasteiger partial charge in [-0.15, -0.1) is 0 Å². The van der Waals surface area contributed by atoms with E-state index in [1.165, 1.54) is 0 Å². The summed E-state index contributed by atoms with van der Waals surface area (Å²) in [6.07, 6.45) is 0.616. The van der Waals surface area contributed by atoms with E-state index in [1.807, 2.05) is 44.2 Å². The molecule has 13 heteroatoms. The van der Waals surface area contributed by atoms with Crippen molar-refractivity contribution >= 4 is 37.6 Å². The van der Waals surface area contributed by atoms with Gasteiger partial charge in [-0.1, -0.05) is 80.5 Å². The lowest BCUT2D eigenvalue weighted by Crippen LogP contribution is -2.79. The van der Waals surface area contributed by atoms with Crippen LogP contribution in [0.5, 0.6) is 0 Å². The molecule has 0 spiro atoms. The van der Waals surface area contributed by atoms with E-state index >= 15 is 0 Å². The number of esters is 2. The average molecular weight is 915 g/mol. The SMILES string of the molecule is CC[Si](CC)(CC)OC(CCO[SiH](C)C)C(C)=C1C2OC(C)(C)OC2[C@]2(C)C(O[Si](CC)(CC)CC)CC3OCC3(OC(=O)C3CC3)C2C(OC(=O)c2ccccc2)CC1(C)C. The van der Waals surface area contributed by atoms with Crippen molar-refractivity contribution in [2.45, 2.75) is 213 Å². The van der Waals surface area contributed by atoms with Gasteiger partial charge in [0, 0.05) is 18.4 Å². The van der Waals surface area contributed by atoms with Gasteiger partial charge in [-0.05, 0) is 125 Å². The van der Waals surface area contributed by atoms with Crippen molar-refractivity contribution in [2.24, 2.45) is 22.7 Å². The van der Waals surface area contributed by atoms with E-state index in [2.05, 4.69) is 82.3 Å². The van der Waals surface area contributed by atoms with Gasteiger partial charge in [0.1, 0.15) is 18.3 Å². The third-order valence-electron chi connectivity index (χ3n) is 16.0. The van der Waals surface area contributed by atoms with Crippen molar-refractivity contribution in [2.75, 3.05) is 13.2 Å². The fraction of sp³-hybridized carbons (Fsp3) is 0.796. The molecule has 9 atom stereocenters. The minimum atomic E-state index is -2.29. The summed E-state index contributed by atoms with van der Waals surface area (Å²) in [4.78, 5) is 28.7. The second kappa shape index (κ2) is 19.3. The van der Waals surface area contributed by atoms with Crippen molar-refractivity contribution < 1.29 is 46.6 Å². The highest BCUT2D eigenvalue weighted by molar-refractivity contribution is 6.74. The van der Waals surface area contributed by atoms with E-state index in [0.29, 0.717) is 25.0 Å². The molecule has 350 valence electrons. The van der Waals surface area contributed by atoms with E-state index in [-0.39, 0.29) is 30.7 Å². The average Bonchev–Trinajstić information content (AvgIpc) is 4.04. The van der Waals surface area contributed by atoms with Crippen LogP contribution in [0.3, 0.4) is 0 Å². The summed E-state index contributed by atoms with van der Waals surface area (Å²) in [5.41, 5.74) is 0.221. The van der Waals surface area contributed by atoms with Crippen molar-refractivity contribution in [3.63, 3.8) is 0 Å². The van der Waals surface area contributed by atoms with E-state index in [9.17, 15) is 9.59 Å². The molecule has 0 amide bonds. The van der Waals surface area contributed by atoms with Crippen LogP contribution in [0.2, 0.25) is 49.4 Å². The monoisotopic (exact) mass is 915 g/mol. The molecule has 0 bridgehead atoms. The predicted molar refractivity (Wildman–Crippen MR) is 252 cm³/mol. The summed E-state index contributed by atoms with van der Waals surface area (Å²) in [5.74, 6) is -2.22. The number of hydrogen-bond acceptors (Lipinski definition) is 10. The fourth-order valence-electron chi connectivity index (χ4n) is 11.8. The lowest BCUT2D eigenvalue weighted by atomic mass is 9.48. The Balaban J connectivity index is 1.63. The summed E-state index contributed by atoms with van der Waals surface area (Å²) < 4.78 is 56.8. The van der Waals surface area contributed by atoms with Crippen LogP contribution in [0.15, 0.2) is 41.5 Å². The van der Waals surface area contributed by atoms with Gasteiger partial charge in [-0.2, -0.15) is 0 Å². The van der Waals surface area contributed by atoms with Crippen LogP contribution in [-0.2, 0) is 41.8 Å². The van der Waals surface area contributed by atoms with E-state index in [1.54, 1.807) is 0 Å². The van der Waals surface area contributed by atoms with Crippen molar-refractivity contribution in [1.82, 2.24) is 0 Å². The van der Waals surface area contributed by atoms with Gasteiger partial charge in [-0.3, -0.25) is 4.79 Å². The first-order chi connectivity index (χ1) is 29.2. The molecule has 0 aromatic heterocycles. The van der Waals surface area contributed by atoms with Crippen molar-refractivity contribution in [3.05, 3.63) is 47.0 Å². The standard InChI is InChI=1S/C49H82O10Si3/c1-15-61(16-2,17-3)58-36(28-29-53-60(13)14)33(7)40-41-43(56-47(10,11)55-41)48(12)38(59-62(18-4,19-5)20-6)30-39-49(32-52-39,57-45(51)35-26-27-35)42(48)37(31-46(40,8)9)54-44(50)34-24-22-21-23-25-34/h21-25,35-39,41-43,60H,15-20,26-32H2,1-14H3/t36?,37?,38?,39?,41?,42?,43?,48-,49?/m1/s1. The second-order valence-corrected chi connectivity index (χ2v) is 32.8. The molecule has 62 heavy (non-hydrogen) atoms. The van der Waals surface area contributed by atoms with Gasteiger partial charge in [0.15, 0.2) is 37.1 Å². The van der Waals surface area contributed by atoms with Gasteiger partial charge in [-0.25, -0.2) is 4.79 Å². The maximum atomic E-state index is 14.6. The van der Waals surface area contributed by atoms with Crippen LogP contribution in [0, 0.1) is 22.7 Å². The minimum absolute atomic E-state index is 0.124. The lowest BCUT2D eigenvalue weighted by molar-refractivity contribution is -0.347. The van der Waals surface area contributed by atoms with Crippen LogP contribution in [0.25, 0.3) is 0 Å². The van der Waals surface area contributed by atoms with Gasteiger partial charge in [0.05, 0.1) is 42.3 Å². The van der Waals surface area contributed by atoms with Crippen molar-refractivity contribution in [1.29, 1.82) is 0 Å². The largest absolute Gasteiger partial charge is 0.458 e. The number of hydrogen-bond donors (Lipinski definition) is 0. The summed E-state index contributed by atoms with van der Waals surface area (Å²) in [7, 11) is -5.70. The second-order valence-electron chi connectivity index (χ2n) is 20.9. The Morgan fingerprint density at radius 3 is 2.02 bits per heavy atom. The third kappa shape index (κ3) is 9.59. The van der Waals surface area contributed by atoms with Gasteiger partial charge >= 0.3 is 11.9 Å².